The highest BCUT2D eigenvalue weighted by molar-refractivity contribution is 6.31. The first-order valence-corrected chi connectivity index (χ1v) is 12.5. The SMILES string of the molecule is Cc1ccc2cc([C@H](c3nnnn3C(C)(C)C)N(Cc3ccco3)Cc3ccccc3Cl)c(=O)[nH]c2c1. The van der Waals surface area contributed by atoms with Crippen LogP contribution in [0.2, 0.25) is 5.02 Å². The lowest BCUT2D eigenvalue weighted by Crippen LogP contribution is -2.37. The molecule has 5 aromatic rings. The molecule has 2 aromatic carbocycles. The molecule has 0 aliphatic carbocycles. The molecule has 1 N–H and O–H groups in total. The number of rotatable bonds is 7. The van der Waals surface area contributed by atoms with E-state index in [0.717, 1.165) is 27.8 Å². The second kappa shape index (κ2) is 9.95. The molecule has 0 aliphatic heterocycles. The standard InChI is InChI=1S/C28H29ClN6O2/c1-18-11-12-19-15-22(27(36)30-24(19)14-18)25(26-31-32-33-35(26)28(2,3)4)34(17-21-9-7-13-37-21)16-20-8-5-6-10-23(20)29/h5-15,25H,16-17H2,1-4H3,(H,30,36)/t25-/m1/s1. The van der Waals surface area contributed by atoms with Crippen molar-refractivity contribution < 1.29 is 4.42 Å². The van der Waals surface area contributed by atoms with Crippen LogP contribution in [0.25, 0.3) is 10.9 Å². The zero-order chi connectivity index (χ0) is 26.2. The number of nitrogens with one attached hydrogen (secondary N) is 1. The molecule has 0 saturated carbocycles. The first-order valence-electron chi connectivity index (χ1n) is 12.1. The number of halogens is 1. The van der Waals surface area contributed by atoms with Crippen LogP contribution in [0.4, 0.5) is 0 Å². The molecule has 0 bridgehead atoms. The number of fused-ring (bicyclic) bond motifs is 1. The molecule has 8 nitrogen and oxygen atoms in total. The molecule has 9 heteroatoms. The second-order valence-corrected chi connectivity index (χ2v) is 10.6. The first kappa shape index (κ1) is 24.9. The molecule has 0 amide bonds. The summed E-state index contributed by atoms with van der Waals surface area (Å²) in [6, 6.07) is 18.8. The lowest BCUT2D eigenvalue weighted by molar-refractivity contribution is 0.171. The van der Waals surface area contributed by atoms with Gasteiger partial charge >= 0.3 is 0 Å². The van der Waals surface area contributed by atoms with Crippen molar-refractivity contribution >= 4 is 22.5 Å². The van der Waals surface area contributed by atoms with Gasteiger partial charge in [-0.2, -0.15) is 0 Å². The third kappa shape index (κ3) is 5.21. The minimum atomic E-state index is -0.593. The summed E-state index contributed by atoms with van der Waals surface area (Å²) in [5.41, 5.74) is 2.70. The van der Waals surface area contributed by atoms with Crippen LogP contribution in [0.15, 0.2) is 76.1 Å². The van der Waals surface area contributed by atoms with Gasteiger partial charge in [-0.3, -0.25) is 9.69 Å². The maximum absolute atomic E-state index is 13.7. The highest BCUT2D eigenvalue weighted by Crippen LogP contribution is 2.33. The van der Waals surface area contributed by atoms with E-state index in [-0.39, 0.29) is 5.56 Å². The third-order valence-corrected chi connectivity index (χ3v) is 6.70. The van der Waals surface area contributed by atoms with Gasteiger partial charge in [0.2, 0.25) is 0 Å². The number of furan rings is 1. The molecule has 5 rings (SSSR count). The van der Waals surface area contributed by atoms with Gasteiger partial charge < -0.3 is 9.40 Å². The summed E-state index contributed by atoms with van der Waals surface area (Å²) in [6.07, 6.45) is 1.64. The van der Waals surface area contributed by atoms with Crippen molar-refractivity contribution in [2.45, 2.75) is 52.4 Å². The molecule has 190 valence electrons. The Balaban J connectivity index is 1.74. The number of aromatic amines is 1. The van der Waals surface area contributed by atoms with Gasteiger partial charge in [-0.1, -0.05) is 41.9 Å². The number of tetrazole rings is 1. The molecule has 3 aromatic heterocycles. The number of hydrogen-bond acceptors (Lipinski definition) is 6. The van der Waals surface area contributed by atoms with E-state index in [1.54, 1.807) is 10.9 Å². The van der Waals surface area contributed by atoms with Crippen molar-refractivity contribution in [1.82, 2.24) is 30.1 Å². The molecule has 37 heavy (non-hydrogen) atoms. The second-order valence-electron chi connectivity index (χ2n) is 10.2. The van der Waals surface area contributed by atoms with E-state index in [1.165, 1.54) is 0 Å². The Morgan fingerprint density at radius 2 is 1.89 bits per heavy atom. The van der Waals surface area contributed by atoms with Gasteiger partial charge in [0.15, 0.2) is 5.82 Å². The quantitative estimate of drug-likeness (QED) is 0.302. The smallest absolute Gasteiger partial charge is 0.253 e. The van der Waals surface area contributed by atoms with E-state index in [1.807, 2.05) is 88.4 Å². The fourth-order valence-electron chi connectivity index (χ4n) is 4.56. The maximum Gasteiger partial charge on any atom is 0.253 e. The largest absolute Gasteiger partial charge is 0.468 e. The van der Waals surface area contributed by atoms with E-state index in [4.69, 9.17) is 16.0 Å². The number of aryl methyl sites for hydroxylation is 1. The Labute approximate surface area is 219 Å². The summed E-state index contributed by atoms with van der Waals surface area (Å²) in [4.78, 5) is 18.9. The van der Waals surface area contributed by atoms with Crippen molar-refractivity contribution in [1.29, 1.82) is 0 Å². The average Bonchev–Trinajstić information content (AvgIpc) is 3.53. The lowest BCUT2D eigenvalue weighted by atomic mass is 10.0. The predicted molar refractivity (Wildman–Crippen MR) is 143 cm³/mol. The molecule has 0 spiro atoms. The van der Waals surface area contributed by atoms with Crippen LogP contribution in [0, 0.1) is 6.92 Å². The number of pyridine rings is 1. The van der Waals surface area contributed by atoms with E-state index in [2.05, 4.69) is 25.4 Å². The summed E-state index contributed by atoms with van der Waals surface area (Å²) in [5.74, 6) is 1.31. The van der Waals surface area contributed by atoms with Crippen molar-refractivity contribution in [2.75, 3.05) is 0 Å². The van der Waals surface area contributed by atoms with E-state index >= 15 is 0 Å². The minimum Gasteiger partial charge on any atom is -0.468 e. The van der Waals surface area contributed by atoms with Gasteiger partial charge in [-0.05, 0) is 85.0 Å². The molecule has 0 radical (unpaired) electrons. The van der Waals surface area contributed by atoms with E-state index < -0.39 is 11.6 Å². The fourth-order valence-corrected chi connectivity index (χ4v) is 4.76. The van der Waals surface area contributed by atoms with Crippen molar-refractivity contribution in [3.05, 3.63) is 111 Å². The fraction of sp³-hybridized carbons (Fsp3) is 0.286. The molecule has 1 atom stereocenters. The summed E-state index contributed by atoms with van der Waals surface area (Å²) >= 11 is 6.59. The Morgan fingerprint density at radius 1 is 1.08 bits per heavy atom. The summed E-state index contributed by atoms with van der Waals surface area (Å²) in [6.45, 7) is 8.94. The molecule has 0 unspecified atom stereocenters. The van der Waals surface area contributed by atoms with Gasteiger partial charge in [-0.25, -0.2) is 4.68 Å². The van der Waals surface area contributed by atoms with Gasteiger partial charge in [-0.15, -0.1) is 5.10 Å². The molecule has 0 saturated heterocycles. The number of nitrogens with zero attached hydrogens (tertiary/aromatic N) is 5. The van der Waals surface area contributed by atoms with Gasteiger partial charge in [0, 0.05) is 22.6 Å². The molecular formula is C28H29ClN6O2. The third-order valence-electron chi connectivity index (χ3n) is 6.33. The van der Waals surface area contributed by atoms with Crippen LogP contribution in [-0.2, 0) is 18.6 Å². The van der Waals surface area contributed by atoms with E-state index in [9.17, 15) is 4.79 Å². The summed E-state index contributed by atoms with van der Waals surface area (Å²) < 4.78 is 7.50. The Bertz CT molecular complexity index is 1580. The van der Waals surface area contributed by atoms with Crippen molar-refractivity contribution in [3.8, 4) is 0 Å². The topological polar surface area (TPSA) is 92.8 Å². The minimum absolute atomic E-state index is 0.199. The highest BCUT2D eigenvalue weighted by atomic mass is 35.5. The molecular weight excluding hydrogens is 488 g/mol. The molecule has 3 heterocycles. The number of hydrogen-bond donors (Lipinski definition) is 1. The Morgan fingerprint density at radius 3 is 2.62 bits per heavy atom. The summed E-state index contributed by atoms with van der Waals surface area (Å²) in [7, 11) is 0. The van der Waals surface area contributed by atoms with Crippen LogP contribution in [-0.4, -0.2) is 30.1 Å². The number of H-pyrrole nitrogens is 1. The van der Waals surface area contributed by atoms with E-state index in [0.29, 0.717) is 29.5 Å². The van der Waals surface area contributed by atoms with Crippen molar-refractivity contribution in [3.63, 3.8) is 0 Å². The Hall–Kier alpha value is -3.75. The summed E-state index contributed by atoms with van der Waals surface area (Å²) in [5, 5.41) is 14.3. The normalized spacial score (nSPS) is 12.9. The molecule has 0 fully saturated rings. The van der Waals surface area contributed by atoms with Gasteiger partial charge in [0.05, 0.1) is 18.3 Å². The number of aromatic nitrogens is 5. The maximum atomic E-state index is 13.7. The lowest BCUT2D eigenvalue weighted by Gasteiger charge is -2.32. The van der Waals surface area contributed by atoms with Crippen LogP contribution >= 0.6 is 11.6 Å². The predicted octanol–water partition coefficient (Wildman–Crippen LogP) is 5.62. The van der Waals surface area contributed by atoms with Crippen LogP contribution < -0.4 is 5.56 Å². The first-order chi connectivity index (χ1) is 17.7. The van der Waals surface area contributed by atoms with Crippen LogP contribution in [0.1, 0.15) is 55.1 Å². The van der Waals surface area contributed by atoms with Crippen LogP contribution in [0.5, 0.6) is 0 Å². The Kier molecular flexibility index (Phi) is 6.70. The highest BCUT2D eigenvalue weighted by Gasteiger charge is 2.34. The van der Waals surface area contributed by atoms with Gasteiger partial charge in [0.1, 0.15) is 11.8 Å². The monoisotopic (exact) mass is 516 g/mol. The zero-order valence-electron chi connectivity index (χ0n) is 21.3. The van der Waals surface area contributed by atoms with Crippen molar-refractivity contribution in [2.24, 2.45) is 0 Å². The van der Waals surface area contributed by atoms with Gasteiger partial charge in [0.25, 0.3) is 5.56 Å². The zero-order valence-corrected chi connectivity index (χ0v) is 22.0. The average molecular weight is 517 g/mol. The molecule has 0 aliphatic rings. The number of benzene rings is 2. The van der Waals surface area contributed by atoms with Crippen LogP contribution in [0.3, 0.4) is 0 Å².